The van der Waals surface area contributed by atoms with Gasteiger partial charge in [-0.05, 0) is 47.5 Å². The number of thiazole rings is 1. The first-order chi connectivity index (χ1) is 15.0. The molecule has 9 heteroatoms. The molecule has 31 heavy (non-hydrogen) atoms. The van der Waals surface area contributed by atoms with Crippen LogP contribution in [0.1, 0.15) is 17.0 Å². The molecule has 0 bridgehead atoms. The van der Waals surface area contributed by atoms with Gasteiger partial charge in [0.2, 0.25) is 10.7 Å². The lowest BCUT2D eigenvalue weighted by Crippen LogP contribution is -2.23. The zero-order valence-electron chi connectivity index (χ0n) is 17.0. The van der Waals surface area contributed by atoms with Crippen molar-refractivity contribution in [3.8, 4) is 17.2 Å². The normalized spacial score (nSPS) is 12.1. The van der Waals surface area contributed by atoms with Gasteiger partial charge in [-0.25, -0.2) is 0 Å². The molecule has 0 fully saturated rings. The molecule has 7 nitrogen and oxygen atoms in total. The summed E-state index contributed by atoms with van der Waals surface area (Å²) in [5, 5.41) is 4.97. The Kier molecular flexibility index (Phi) is 5.92. The maximum Gasteiger partial charge on any atom is 0.291 e. The molecule has 0 unspecified atom stereocenters. The van der Waals surface area contributed by atoms with E-state index >= 15 is 0 Å². The number of rotatable bonds is 6. The van der Waals surface area contributed by atoms with Gasteiger partial charge < -0.3 is 14.2 Å². The van der Waals surface area contributed by atoms with E-state index in [0.717, 1.165) is 11.1 Å². The quantitative estimate of drug-likeness (QED) is 0.442. The van der Waals surface area contributed by atoms with Crippen molar-refractivity contribution >= 4 is 46.1 Å². The van der Waals surface area contributed by atoms with E-state index in [1.165, 1.54) is 15.9 Å². The van der Waals surface area contributed by atoms with Crippen molar-refractivity contribution in [3.05, 3.63) is 73.3 Å². The molecule has 0 atom stereocenters. The van der Waals surface area contributed by atoms with Crippen molar-refractivity contribution in [1.29, 1.82) is 0 Å². The van der Waals surface area contributed by atoms with Gasteiger partial charge in [0, 0.05) is 5.02 Å². The number of ether oxygens (including phenoxy) is 3. The second-order valence-electron chi connectivity index (χ2n) is 6.42. The van der Waals surface area contributed by atoms with Crippen LogP contribution in [0.25, 0.3) is 23.2 Å². The monoisotopic (exact) mass is 455 g/mol. The maximum absolute atomic E-state index is 12.8. The zero-order chi connectivity index (χ0) is 22.0. The van der Waals surface area contributed by atoms with Crippen LogP contribution in [-0.2, 0) is 0 Å². The third-order valence-electron chi connectivity index (χ3n) is 4.48. The Morgan fingerprint density at radius 2 is 1.65 bits per heavy atom. The maximum atomic E-state index is 12.8. The Morgan fingerprint density at radius 1 is 0.968 bits per heavy atom. The zero-order valence-corrected chi connectivity index (χ0v) is 18.5. The van der Waals surface area contributed by atoms with E-state index < -0.39 is 0 Å². The standard InChI is InChI=1S/C22H18ClN3O4S/c1-28-16-10-14(11-17(29-2)20(16)30-3)12-18-21(27)26-22(31-18)24-19(25-26)9-6-13-4-7-15(23)8-5-13/h4-12H,1-3H3. The van der Waals surface area contributed by atoms with Gasteiger partial charge in [0.05, 0.1) is 25.9 Å². The van der Waals surface area contributed by atoms with Crippen molar-refractivity contribution < 1.29 is 14.2 Å². The molecule has 0 saturated carbocycles. The highest BCUT2D eigenvalue weighted by atomic mass is 35.5. The van der Waals surface area contributed by atoms with Crippen LogP contribution in [0.4, 0.5) is 0 Å². The molecule has 0 saturated heterocycles. The summed E-state index contributed by atoms with van der Waals surface area (Å²) in [6.07, 6.45) is 5.37. The molecule has 0 N–H and O–H groups in total. The SMILES string of the molecule is COc1cc(C=c2sc3nc(C=Cc4ccc(Cl)cc4)nn3c2=O)cc(OC)c1OC. The summed E-state index contributed by atoms with van der Waals surface area (Å²) >= 11 is 7.16. The summed E-state index contributed by atoms with van der Waals surface area (Å²) in [5.41, 5.74) is 1.45. The van der Waals surface area contributed by atoms with Crippen LogP contribution < -0.4 is 24.3 Å². The lowest BCUT2D eigenvalue weighted by molar-refractivity contribution is 0.324. The molecule has 4 rings (SSSR count). The Hall–Kier alpha value is -3.36. The number of hydrogen-bond donors (Lipinski definition) is 0. The van der Waals surface area contributed by atoms with Crippen LogP contribution in [0, 0.1) is 0 Å². The first-order valence-corrected chi connectivity index (χ1v) is 10.4. The van der Waals surface area contributed by atoms with Crippen LogP contribution in [0.5, 0.6) is 17.2 Å². The summed E-state index contributed by atoms with van der Waals surface area (Å²) in [7, 11) is 4.63. The summed E-state index contributed by atoms with van der Waals surface area (Å²) in [4.78, 5) is 17.7. The topological polar surface area (TPSA) is 75.0 Å². The third-order valence-corrected chi connectivity index (χ3v) is 5.69. The highest BCUT2D eigenvalue weighted by Crippen LogP contribution is 2.38. The van der Waals surface area contributed by atoms with Gasteiger partial charge in [0.25, 0.3) is 5.56 Å². The fourth-order valence-corrected chi connectivity index (χ4v) is 4.04. The fraction of sp³-hybridized carbons (Fsp3) is 0.136. The Bertz CT molecular complexity index is 1350. The van der Waals surface area contributed by atoms with E-state index in [1.54, 1.807) is 57.7 Å². The molecular formula is C22H18ClN3O4S. The van der Waals surface area contributed by atoms with Crippen LogP contribution in [-0.4, -0.2) is 35.9 Å². The molecule has 0 aliphatic carbocycles. The van der Waals surface area contributed by atoms with E-state index in [-0.39, 0.29) is 5.56 Å². The van der Waals surface area contributed by atoms with Gasteiger partial charge in [0.15, 0.2) is 17.3 Å². The summed E-state index contributed by atoms with van der Waals surface area (Å²) in [6, 6.07) is 10.9. The number of benzene rings is 2. The van der Waals surface area contributed by atoms with E-state index in [2.05, 4.69) is 10.1 Å². The molecule has 2 aromatic carbocycles. The van der Waals surface area contributed by atoms with Crippen LogP contribution in [0.15, 0.2) is 41.2 Å². The first kappa shape index (κ1) is 20.9. The largest absolute Gasteiger partial charge is 0.493 e. The van der Waals surface area contributed by atoms with E-state index in [4.69, 9.17) is 25.8 Å². The fourth-order valence-electron chi connectivity index (χ4n) is 3.00. The van der Waals surface area contributed by atoms with Gasteiger partial charge in [-0.1, -0.05) is 41.1 Å². The smallest absolute Gasteiger partial charge is 0.291 e. The van der Waals surface area contributed by atoms with E-state index in [9.17, 15) is 4.79 Å². The minimum Gasteiger partial charge on any atom is -0.493 e. The van der Waals surface area contributed by atoms with Gasteiger partial charge in [-0.2, -0.15) is 9.50 Å². The van der Waals surface area contributed by atoms with Gasteiger partial charge in [-0.15, -0.1) is 5.10 Å². The van der Waals surface area contributed by atoms with Gasteiger partial charge in [-0.3, -0.25) is 4.79 Å². The summed E-state index contributed by atoms with van der Waals surface area (Å²) in [5.74, 6) is 1.96. The molecular weight excluding hydrogens is 438 g/mol. The van der Waals surface area contributed by atoms with Crippen LogP contribution in [0.3, 0.4) is 0 Å². The Balaban J connectivity index is 1.69. The molecule has 2 heterocycles. The molecule has 0 spiro atoms. The number of halogens is 1. The second-order valence-corrected chi connectivity index (χ2v) is 7.87. The van der Waals surface area contributed by atoms with E-state index in [1.807, 2.05) is 18.2 Å². The number of fused-ring (bicyclic) bond motifs is 1. The molecule has 0 aliphatic heterocycles. The first-order valence-electron chi connectivity index (χ1n) is 9.17. The van der Waals surface area contributed by atoms with Crippen molar-refractivity contribution in [2.45, 2.75) is 0 Å². The van der Waals surface area contributed by atoms with Crippen molar-refractivity contribution in [3.63, 3.8) is 0 Å². The predicted molar refractivity (Wildman–Crippen MR) is 122 cm³/mol. The molecule has 4 aromatic rings. The predicted octanol–water partition coefficient (Wildman–Crippen LogP) is 3.55. The highest BCUT2D eigenvalue weighted by molar-refractivity contribution is 7.15. The molecule has 2 aromatic heterocycles. The van der Waals surface area contributed by atoms with Crippen molar-refractivity contribution in [2.75, 3.05) is 21.3 Å². The lowest BCUT2D eigenvalue weighted by atomic mass is 10.1. The number of hydrogen-bond acceptors (Lipinski definition) is 7. The van der Waals surface area contributed by atoms with Gasteiger partial charge in [0.1, 0.15) is 0 Å². The third kappa shape index (κ3) is 4.26. The van der Waals surface area contributed by atoms with Gasteiger partial charge >= 0.3 is 0 Å². The Labute approximate surface area is 186 Å². The summed E-state index contributed by atoms with van der Waals surface area (Å²) < 4.78 is 17.9. The highest BCUT2D eigenvalue weighted by Gasteiger charge is 2.13. The van der Waals surface area contributed by atoms with Crippen molar-refractivity contribution in [1.82, 2.24) is 14.6 Å². The number of nitrogens with zero attached hydrogens (tertiary/aromatic N) is 3. The summed E-state index contributed by atoms with van der Waals surface area (Å²) in [6.45, 7) is 0. The van der Waals surface area contributed by atoms with Crippen LogP contribution in [0.2, 0.25) is 5.02 Å². The average Bonchev–Trinajstić information content (AvgIpc) is 3.31. The number of aromatic nitrogens is 3. The minimum absolute atomic E-state index is 0.243. The van der Waals surface area contributed by atoms with Crippen molar-refractivity contribution in [2.24, 2.45) is 0 Å². The lowest BCUT2D eigenvalue weighted by Gasteiger charge is -2.12. The molecule has 0 aliphatic rings. The van der Waals surface area contributed by atoms with E-state index in [0.29, 0.717) is 37.6 Å². The second kappa shape index (κ2) is 8.79. The minimum atomic E-state index is -0.243. The molecule has 158 valence electrons. The molecule has 0 radical (unpaired) electrons. The van der Waals surface area contributed by atoms with Crippen LogP contribution >= 0.6 is 22.9 Å². The Morgan fingerprint density at radius 3 is 2.23 bits per heavy atom. The molecule has 0 amide bonds. The average molecular weight is 456 g/mol. The number of methoxy groups -OCH3 is 3.